The van der Waals surface area contributed by atoms with Crippen LogP contribution in [0.3, 0.4) is 0 Å². The van der Waals surface area contributed by atoms with E-state index < -0.39 is 53.5 Å². The van der Waals surface area contributed by atoms with Gasteiger partial charge in [-0.3, -0.25) is 14.4 Å². The molecule has 4 amide bonds. The van der Waals surface area contributed by atoms with Gasteiger partial charge in [-0.1, -0.05) is 13.8 Å². The van der Waals surface area contributed by atoms with E-state index in [1.165, 1.54) is 0 Å². The van der Waals surface area contributed by atoms with Crippen LogP contribution in [-0.2, 0) is 28.7 Å². The molecule has 1 aliphatic heterocycles. The van der Waals surface area contributed by atoms with Crippen molar-refractivity contribution in [3.63, 3.8) is 0 Å². The van der Waals surface area contributed by atoms with Crippen LogP contribution in [0.25, 0.3) is 0 Å². The van der Waals surface area contributed by atoms with Gasteiger partial charge in [-0.2, -0.15) is 0 Å². The maximum Gasteiger partial charge on any atom is 0.408 e. The van der Waals surface area contributed by atoms with Gasteiger partial charge in [0, 0.05) is 6.54 Å². The monoisotopic (exact) mass is 470 g/mol. The molecule has 1 heterocycles. The van der Waals surface area contributed by atoms with E-state index in [0.717, 1.165) is 7.11 Å². The number of rotatable bonds is 4. The second kappa shape index (κ2) is 13.0. The highest BCUT2D eigenvalue weighted by Gasteiger charge is 2.32. The lowest BCUT2D eigenvalue weighted by molar-refractivity contribution is -0.147. The molecule has 0 aromatic rings. The van der Waals surface area contributed by atoms with E-state index >= 15 is 0 Å². The summed E-state index contributed by atoms with van der Waals surface area (Å²) in [5.74, 6) is -2.27. The number of alkyl carbamates (subject to hydrolysis) is 1. The number of ether oxygens (including phenoxy) is 2. The number of carbonyl (C=O) groups excluding carboxylic acids is 5. The van der Waals surface area contributed by atoms with Crippen LogP contribution in [0.1, 0.15) is 66.7 Å². The van der Waals surface area contributed by atoms with Crippen molar-refractivity contribution in [1.29, 1.82) is 0 Å². The molecule has 1 aliphatic rings. The molecule has 188 valence electrons. The van der Waals surface area contributed by atoms with Gasteiger partial charge in [0.15, 0.2) is 0 Å². The number of nitrogens with one attached hydrogen (secondary N) is 4. The van der Waals surface area contributed by atoms with E-state index in [1.54, 1.807) is 20.8 Å². The molecule has 1 saturated heterocycles. The molecule has 0 saturated carbocycles. The van der Waals surface area contributed by atoms with Crippen molar-refractivity contribution in [3.05, 3.63) is 0 Å². The van der Waals surface area contributed by atoms with Gasteiger partial charge in [0.25, 0.3) is 0 Å². The fourth-order valence-corrected chi connectivity index (χ4v) is 3.26. The summed E-state index contributed by atoms with van der Waals surface area (Å²) in [5, 5.41) is 10.5. The van der Waals surface area contributed by atoms with Gasteiger partial charge in [-0.25, -0.2) is 9.59 Å². The summed E-state index contributed by atoms with van der Waals surface area (Å²) < 4.78 is 9.97. The minimum absolute atomic E-state index is 0.0390. The van der Waals surface area contributed by atoms with Crippen molar-refractivity contribution in [2.24, 2.45) is 5.92 Å². The lowest BCUT2D eigenvalue weighted by atomic mass is 10.0. The number of methoxy groups -OCH3 is 1. The zero-order valence-corrected chi connectivity index (χ0v) is 20.4. The Morgan fingerprint density at radius 3 is 2.33 bits per heavy atom. The number of amides is 4. The van der Waals surface area contributed by atoms with Crippen molar-refractivity contribution in [2.45, 2.75) is 90.4 Å². The molecule has 33 heavy (non-hydrogen) atoms. The van der Waals surface area contributed by atoms with E-state index in [-0.39, 0.29) is 18.8 Å². The van der Waals surface area contributed by atoms with Crippen LogP contribution in [0.4, 0.5) is 4.79 Å². The first-order valence-electron chi connectivity index (χ1n) is 11.3. The molecule has 0 bridgehead atoms. The van der Waals surface area contributed by atoms with Crippen molar-refractivity contribution in [2.75, 3.05) is 13.7 Å². The highest BCUT2D eigenvalue weighted by Crippen LogP contribution is 2.11. The van der Waals surface area contributed by atoms with E-state index in [0.29, 0.717) is 25.8 Å². The number of carbonyl (C=O) groups is 5. The van der Waals surface area contributed by atoms with Crippen LogP contribution in [0, 0.1) is 5.92 Å². The van der Waals surface area contributed by atoms with Crippen molar-refractivity contribution >= 4 is 29.8 Å². The van der Waals surface area contributed by atoms with Crippen molar-refractivity contribution in [3.8, 4) is 0 Å². The second-order valence-electron chi connectivity index (χ2n) is 9.52. The first-order valence-corrected chi connectivity index (χ1v) is 11.3. The van der Waals surface area contributed by atoms with Crippen LogP contribution in [0.15, 0.2) is 0 Å². The molecule has 0 unspecified atom stereocenters. The second-order valence-corrected chi connectivity index (χ2v) is 9.52. The molecular weight excluding hydrogens is 432 g/mol. The fraction of sp³-hybridized carbons (Fsp3) is 0.773. The zero-order chi connectivity index (χ0) is 25.2. The van der Waals surface area contributed by atoms with Gasteiger partial charge in [0.05, 0.1) is 13.5 Å². The van der Waals surface area contributed by atoms with E-state index in [9.17, 15) is 24.0 Å². The lowest BCUT2D eigenvalue weighted by Gasteiger charge is -2.27. The number of esters is 1. The lowest BCUT2D eigenvalue weighted by Crippen LogP contribution is -2.57. The third-order valence-electron chi connectivity index (χ3n) is 4.78. The topological polar surface area (TPSA) is 152 Å². The number of hydrogen-bond acceptors (Lipinski definition) is 7. The summed E-state index contributed by atoms with van der Waals surface area (Å²) in [4.78, 5) is 62.6. The minimum atomic E-state index is -1.19. The molecule has 0 radical (unpaired) electrons. The molecule has 0 aromatic carbocycles. The van der Waals surface area contributed by atoms with Gasteiger partial charge in [-0.05, 0) is 52.4 Å². The van der Waals surface area contributed by atoms with Crippen molar-refractivity contribution < 1.29 is 33.4 Å². The van der Waals surface area contributed by atoms with Crippen LogP contribution in [0.5, 0.6) is 0 Å². The molecular formula is C22H38N4O7. The van der Waals surface area contributed by atoms with E-state index in [4.69, 9.17) is 9.47 Å². The minimum Gasteiger partial charge on any atom is -0.467 e. The Morgan fingerprint density at radius 1 is 1.09 bits per heavy atom. The fourth-order valence-electron chi connectivity index (χ4n) is 3.26. The molecule has 0 spiro atoms. The smallest absolute Gasteiger partial charge is 0.408 e. The van der Waals surface area contributed by atoms with Gasteiger partial charge in [-0.15, -0.1) is 0 Å². The molecule has 11 nitrogen and oxygen atoms in total. The van der Waals surface area contributed by atoms with Crippen LogP contribution in [0.2, 0.25) is 0 Å². The summed E-state index contributed by atoms with van der Waals surface area (Å²) in [7, 11) is 1.16. The van der Waals surface area contributed by atoms with Gasteiger partial charge < -0.3 is 30.7 Å². The molecule has 11 heteroatoms. The third kappa shape index (κ3) is 11.0. The Labute approximate surface area is 195 Å². The van der Waals surface area contributed by atoms with E-state index in [1.807, 2.05) is 13.8 Å². The third-order valence-corrected chi connectivity index (χ3v) is 4.78. The Bertz CT molecular complexity index is 718. The van der Waals surface area contributed by atoms with Crippen LogP contribution >= 0.6 is 0 Å². The quantitative estimate of drug-likeness (QED) is 0.443. The first kappa shape index (κ1) is 28.2. The SMILES string of the molecule is COC(=O)[C@@H]1CC(=O)NCCCC[C@H](NC(=O)OC(C)(C)C)C(=O)N[C@@H](CC(C)C)C(=O)N1. The number of hydrogen-bond donors (Lipinski definition) is 4. The Morgan fingerprint density at radius 2 is 1.76 bits per heavy atom. The standard InChI is InChI=1S/C22H38N4O7/c1-13(2)11-15-19(29)25-16(20(30)32-6)12-17(27)23-10-8-7-9-14(18(28)24-15)26-21(31)33-22(3,4)5/h13-16H,7-12H2,1-6H3,(H,23,27)(H,24,28)(H,25,29)(H,26,31)/t14-,15-,16-/m0/s1. The van der Waals surface area contributed by atoms with E-state index in [2.05, 4.69) is 21.3 Å². The highest BCUT2D eigenvalue weighted by atomic mass is 16.6. The van der Waals surface area contributed by atoms with Gasteiger partial charge in [0.1, 0.15) is 23.7 Å². The summed E-state index contributed by atoms with van der Waals surface area (Å²) in [6.45, 7) is 9.22. The molecule has 4 N–H and O–H groups in total. The zero-order valence-electron chi connectivity index (χ0n) is 20.4. The molecule has 0 aliphatic carbocycles. The molecule has 0 aromatic heterocycles. The van der Waals surface area contributed by atoms with Gasteiger partial charge >= 0.3 is 12.1 Å². The highest BCUT2D eigenvalue weighted by molar-refractivity contribution is 5.94. The summed E-state index contributed by atoms with van der Waals surface area (Å²) in [6.07, 6.45) is 0.640. The van der Waals surface area contributed by atoms with Crippen molar-refractivity contribution in [1.82, 2.24) is 21.3 Å². The average molecular weight is 471 g/mol. The van der Waals surface area contributed by atoms with Crippen LogP contribution < -0.4 is 21.3 Å². The van der Waals surface area contributed by atoms with Crippen LogP contribution in [-0.4, -0.2) is 67.2 Å². The normalized spacial score (nSPS) is 23.5. The van der Waals surface area contributed by atoms with Gasteiger partial charge in [0.2, 0.25) is 17.7 Å². The Balaban J connectivity index is 3.12. The summed E-state index contributed by atoms with van der Waals surface area (Å²) in [5.41, 5.74) is -0.741. The first-order chi connectivity index (χ1) is 15.3. The largest absolute Gasteiger partial charge is 0.467 e. The maximum atomic E-state index is 13.0. The Hall–Kier alpha value is -2.85. The summed E-state index contributed by atoms with van der Waals surface area (Å²) in [6, 6.07) is -3.09. The average Bonchev–Trinajstić information content (AvgIpc) is 2.68. The molecule has 1 rings (SSSR count). The molecule has 1 fully saturated rings. The Kier molecular flexibility index (Phi) is 11.1. The predicted octanol–water partition coefficient (Wildman–Crippen LogP) is 0.759. The molecule has 3 atom stereocenters. The predicted molar refractivity (Wildman–Crippen MR) is 120 cm³/mol. The summed E-state index contributed by atoms with van der Waals surface area (Å²) >= 11 is 0. The maximum absolute atomic E-state index is 13.0.